The second-order valence-corrected chi connectivity index (χ2v) is 6.72. The zero-order chi connectivity index (χ0) is 13.8. The van der Waals surface area contributed by atoms with Gasteiger partial charge in [-0.15, -0.1) is 0 Å². The third-order valence-corrected chi connectivity index (χ3v) is 4.90. The zero-order valence-electron chi connectivity index (χ0n) is 10.7. The van der Waals surface area contributed by atoms with Gasteiger partial charge in [0.25, 0.3) is 0 Å². The van der Waals surface area contributed by atoms with Gasteiger partial charge in [0.15, 0.2) is 9.84 Å². The summed E-state index contributed by atoms with van der Waals surface area (Å²) in [6, 6.07) is 9.35. The molecule has 0 bridgehead atoms. The van der Waals surface area contributed by atoms with Crippen molar-refractivity contribution in [2.75, 3.05) is 5.75 Å². The van der Waals surface area contributed by atoms with Crippen LogP contribution >= 0.6 is 0 Å². The zero-order valence-corrected chi connectivity index (χ0v) is 11.5. The molecule has 0 N–H and O–H groups in total. The molecule has 0 aliphatic rings. The van der Waals surface area contributed by atoms with Crippen molar-refractivity contribution >= 4 is 15.6 Å². The minimum absolute atomic E-state index is 0.339. The van der Waals surface area contributed by atoms with Gasteiger partial charge in [-0.2, -0.15) is 0 Å². The van der Waals surface area contributed by atoms with Crippen molar-refractivity contribution in [1.29, 1.82) is 0 Å². The third-order valence-electron chi connectivity index (χ3n) is 2.65. The summed E-state index contributed by atoms with van der Waals surface area (Å²) in [6.07, 6.45) is 0.367. The van der Waals surface area contributed by atoms with Crippen LogP contribution in [0.5, 0.6) is 0 Å². The van der Waals surface area contributed by atoms with Gasteiger partial charge in [0.05, 0.1) is 5.25 Å². The lowest BCUT2D eigenvalue weighted by atomic mass is 10.1. The Balaban J connectivity index is 2.98. The highest BCUT2D eigenvalue weighted by atomic mass is 32.2. The largest absolute Gasteiger partial charge is 0.299 e. The van der Waals surface area contributed by atoms with Crippen molar-refractivity contribution in [2.24, 2.45) is 0 Å². The first-order valence-electron chi connectivity index (χ1n) is 5.73. The van der Waals surface area contributed by atoms with Crippen LogP contribution in [0.4, 0.5) is 0 Å². The van der Waals surface area contributed by atoms with Crippen LogP contribution in [0.15, 0.2) is 42.5 Å². The molecule has 1 aromatic carbocycles. The molecule has 0 amide bonds. The predicted molar refractivity (Wildman–Crippen MR) is 73.2 cm³/mol. The average molecular weight is 266 g/mol. The molecule has 0 radical (unpaired) electrons. The lowest BCUT2D eigenvalue weighted by molar-refractivity contribution is -0.114. The van der Waals surface area contributed by atoms with Crippen LogP contribution < -0.4 is 0 Å². The molecule has 4 heteroatoms. The Kier molecular flexibility index (Phi) is 4.84. The van der Waals surface area contributed by atoms with Crippen LogP contribution in [0.3, 0.4) is 0 Å². The average Bonchev–Trinajstić information content (AvgIpc) is 2.25. The molecule has 1 aromatic rings. The predicted octanol–water partition coefficient (Wildman–Crippen LogP) is 2.18. The molecule has 0 saturated heterocycles. The molecule has 0 aliphatic heterocycles. The van der Waals surface area contributed by atoms with Gasteiger partial charge in [-0.3, -0.25) is 4.79 Å². The first kappa shape index (κ1) is 14.6. The maximum absolute atomic E-state index is 12.1. The third kappa shape index (κ3) is 4.11. The summed E-state index contributed by atoms with van der Waals surface area (Å²) in [5.74, 6) is -0.758. The van der Waals surface area contributed by atoms with Gasteiger partial charge < -0.3 is 0 Å². The van der Waals surface area contributed by atoms with E-state index in [9.17, 15) is 13.2 Å². The highest BCUT2D eigenvalue weighted by Crippen LogP contribution is 2.17. The molecule has 18 heavy (non-hydrogen) atoms. The van der Waals surface area contributed by atoms with E-state index in [0.29, 0.717) is 12.0 Å². The van der Waals surface area contributed by atoms with Crippen LogP contribution in [-0.4, -0.2) is 25.2 Å². The number of carbonyl (C=O) groups is 1. The molecule has 1 unspecified atom stereocenters. The highest BCUT2D eigenvalue weighted by Gasteiger charge is 2.27. The second-order valence-electron chi connectivity index (χ2n) is 4.53. The number of hydrogen-bond donors (Lipinski definition) is 0. The Labute approximate surface area is 108 Å². The Bertz CT molecular complexity index is 529. The second kappa shape index (κ2) is 5.96. The molecule has 0 aromatic heterocycles. The number of carbonyl (C=O) groups excluding carboxylic acids is 1. The summed E-state index contributed by atoms with van der Waals surface area (Å²) in [7, 11) is -3.47. The first-order valence-corrected chi connectivity index (χ1v) is 7.45. The molecule has 1 atom stereocenters. The normalized spacial score (nSPS) is 13.0. The Morgan fingerprint density at radius 2 is 1.78 bits per heavy atom. The number of sulfone groups is 1. The first-order chi connectivity index (χ1) is 8.33. The van der Waals surface area contributed by atoms with Gasteiger partial charge in [-0.1, -0.05) is 42.5 Å². The van der Waals surface area contributed by atoms with Gasteiger partial charge >= 0.3 is 0 Å². The molecule has 0 saturated carbocycles. The number of hydrogen-bond acceptors (Lipinski definition) is 3. The summed E-state index contributed by atoms with van der Waals surface area (Å²) in [5, 5.41) is -0.691. The number of Topliss-reactive ketones (excluding diaryl/α,β-unsaturated/α-hetero) is 1. The monoisotopic (exact) mass is 266 g/mol. The van der Waals surface area contributed by atoms with Gasteiger partial charge in [0, 0.05) is 0 Å². The van der Waals surface area contributed by atoms with Gasteiger partial charge in [0.2, 0.25) is 0 Å². The maximum atomic E-state index is 12.1. The van der Waals surface area contributed by atoms with Crippen molar-refractivity contribution in [3.63, 3.8) is 0 Å². The van der Waals surface area contributed by atoms with E-state index in [0.717, 1.165) is 5.56 Å². The van der Waals surface area contributed by atoms with Crippen molar-refractivity contribution in [3.8, 4) is 0 Å². The van der Waals surface area contributed by atoms with Crippen LogP contribution in [0.2, 0.25) is 0 Å². The molecule has 1 rings (SSSR count). The number of ketones is 1. The van der Waals surface area contributed by atoms with Crippen molar-refractivity contribution in [1.82, 2.24) is 0 Å². The molecule has 0 heterocycles. The maximum Gasteiger partial charge on any atom is 0.164 e. The van der Waals surface area contributed by atoms with Crippen LogP contribution in [0.25, 0.3) is 0 Å². The number of rotatable bonds is 6. The Morgan fingerprint density at radius 1 is 1.22 bits per heavy atom. The minimum Gasteiger partial charge on any atom is -0.299 e. The van der Waals surface area contributed by atoms with E-state index in [1.807, 2.05) is 30.3 Å². The molecule has 0 spiro atoms. The van der Waals surface area contributed by atoms with Gasteiger partial charge in [-0.25, -0.2) is 8.42 Å². The fraction of sp³-hybridized carbons (Fsp3) is 0.357. The lowest BCUT2D eigenvalue weighted by Crippen LogP contribution is -2.29. The van der Waals surface area contributed by atoms with E-state index in [1.54, 1.807) is 6.92 Å². The van der Waals surface area contributed by atoms with E-state index >= 15 is 0 Å². The molecule has 0 fully saturated rings. The van der Waals surface area contributed by atoms with Crippen molar-refractivity contribution in [3.05, 3.63) is 48.0 Å². The van der Waals surface area contributed by atoms with Crippen LogP contribution in [0.1, 0.15) is 19.4 Å². The molecule has 98 valence electrons. The number of benzene rings is 1. The summed E-state index contributed by atoms with van der Waals surface area (Å²) in [5.41, 5.74) is 1.50. The van der Waals surface area contributed by atoms with E-state index in [1.165, 1.54) is 6.92 Å². The Hall–Kier alpha value is -1.42. The lowest BCUT2D eigenvalue weighted by Gasteiger charge is -2.17. The van der Waals surface area contributed by atoms with E-state index < -0.39 is 20.8 Å². The molecular formula is C14H18O3S. The van der Waals surface area contributed by atoms with Gasteiger partial charge in [-0.05, 0) is 25.8 Å². The van der Waals surface area contributed by atoms with E-state index in [2.05, 4.69) is 6.58 Å². The standard InChI is InChI=1S/C14H18O3S/c1-11(2)14(18(16,17)10-12(3)15)9-13-7-5-4-6-8-13/h4-8,14H,1,9-10H2,2-3H3. The fourth-order valence-corrected chi connectivity index (χ4v) is 3.65. The van der Waals surface area contributed by atoms with Crippen LogP contribution in [0, 0.1) is 0 Å². The Morgan fingerprint density at radius 3 is 2.22 bits per heavy atom. The van der Waals surface area contributed by atoms with Crippen molar-refractivity contribution in [2.45, 2.75) is 25.5 Å². The summed E-state index contributed by atoms with van der Waals surface area (Å²) in [4.78, 5) is 11.0. The molecular weight excluding hydrogens is 248 g/mol. The van der Waals surface area contributed by atoms with Crippen LogP contribution in [-0.2, 0) is 21.1 Å². The summed E-state index contributed by atoms with van der Waals surface area (Å²) < 4.78 is 24.2. The van der Waals surface area contributed by atoms with Gasteiger partial charge in [0.1, 0.15) is 11.5 Å². The van der Waals surface area contributed by atoms with E-state index in [-0.39, 0.29) is 5.78 Å². The SMILES string of the molecule is C=C(C)C(Cc1ccccc1)S(=O)(=O)CC(C)=O. The minimum atomic E-state index is -3.47. The fourth-order valence-electron chi connectivity index (χ4n) is 1.82. The van der Waals surface area contributed by atoms with Crippen molar-refractivity contribution < 1.29 is 13.2 Å². The topological polar surface area (TPSA) is 51.2 Å². The summed E-state index contributed by atoms with van der Waals surface area (Å²) >= 11 is 0. The highest BCUT2D eigenvalue weighted by molar-refractivity contribution is 7.92. The smallest absolute Gasteiger partial charge is 0.164 e. The molecule has 3 nitrogen and oxygen atoms in total. The molecule has 0 aliphatic carbocycles. The quantitative estimate of drug-likeness (QED) is 0.742. The van der Waals surface area contributed by atoms with E-state index in [4.69, 9.17) is 0 Å². The summed E-state index contributed by atoms with van der Waals surface area (Å²) in [6.45, 7) is 6.71.